The summed E-state index contributed by atoms with van der Waals surface area (Å²) in [6, 6.07) is 14.6. The van der Waals surface area contributed by atoms with Gasteiger partial charge in [0.1, 0.15) is 4.90 Å². The van der Waals surface area contributed by atoms with Crippen molar-refractivity contribution in [2.45, 2.75) is 11.8 Å². The summed E-state index contributed by atoms with van der Waals surface area (Å²) in [6.07, 6.45) is 0. The van der Waals surface area contributed by atoms with Crippen molar-refractivity contribution in [1.29, 1.82) is 5.26 Å². The van der Waals surface area contributed by atoms with Gasteiger partial charge in [0.2, 0.25) is 15.9 Å². The van der Waals surface area contributed by atoms with Gasteiger partial charge in [-0.15, -0.1) is 0 Å². The maximum Gasteiger partial charge on any atom is 0.242 e. The van der Waals surface area contributed by atoms with Gasteiger partial charge in [-0.25, -0.2) is 13.1 Å². The van der Waals surface area contributed by atoms with Crippen LogP contribution in [0.2, 0.25) is 5.02 Å². The Kier molecular flexibility index (Phi) is 6.15. The average Bonchev–Trinajstić information content (AvgIpc) is 2.59. The molecule has 0 unspecified atom stereocenters. The number of rotatable bonds is 6. The minimum Gasteiger partial charge on any atom is -0.311 e. The molecule has 0 heterocycles. The monoisotopic (exact) mass is 377 g/mol. The largest absolute Gasteiger partial charge is 0.311 e. The van der Waals surface area contributed by atoms with E-state index < -0.39 is 10.0 Å². The zero-order valence-electron chi connectivity index (χ0n) is 13.4. The quantitative estimate of drug-likeness (QED) is 0.837. The molecule has 8 heteroatoms. The van der Waals surface area contributed by atoms with Crippen LogP contribution < -0.4 is 9.62 Å². The van der Waals surface area contributed by atoms with Crippen molar-refractivity contribution in [3.63, 3.8) is 0 Å². The second kappa shape index (κ2) is 8.12. The van der Waals surface area contributed by atoms with Crippen LogP contribution in [0.15, 0.2) is 53.4 Å². The summed E-state index contributed by atoms with van der Waals surface area (Å²) >= 11 is 5.92. The van der Waals surface area contributed by atoms with Gasteiger partial charge < -0.3 is 4.90 Å². The topological polar surface area (TPSA) is 90.3 Å². The van der Waals surface area contributed by atoms with E-state index in [1.54, 1.807) is 36.4 Å². The Balaban J connectivity index is 2.08. The van der Waals surface area contributed by atoms with Gasteiger partial charge in [-0.3, -0.25) is 4.79 Å². The standard InChI is InChI=1S/C17H16ClN3O3S/c1-13(22)21(15-8-6-14(12-19)7-9-15)11-10-20-25(23,24)17-5-3-2-4-16(17)18/h2-9,20H,10-11H2,1H3. The van der Waals surface area contributed by atoms with E-state index in [2.05, 4.69) is 4.72 Å². The third-order valence-corrected chi connectivity index (χ3v) is 5.40. The molecule has 0 saturated carbocycles. The fraction of sp³-hybridized carbons (Fsp3) is 0.176. The van der Waals surface area contributed by atoms with Crippen LogP contribution in [0, 0.1) is 11.3 Å². The van der Waals surface area contributed by atoms with Gasteiger partial charge in [0.05, 0.1) is 16.7 Å². The van der Waals surface area contributed by atoms with Crippen molar-refractivity contribution in [3.8, 4) is 6.07 Å². The number of carbonyl (C=O) groups excluding carboxylic acids is 1. The molecule has 0 aliphatic rings. The van der Waals surface area contributed by atoms with Gasteiger partial charge in [0, 0.05) is 25.7 Å². The zero-order chi connectivity index (χ0) is 18.4. The molecule has 2 aromatic carbocycles. The molecule has 6 nitrogen and oxygen atoms in total. The minimum atomic E-state index is -3.77. The minimum absolute atomic E-state index is 0.00980. The summed E-state index contributed by atoms with van der Waals surface area (Å²) < 4.78 is 27.0. The van der Waals surface area contributed by atoms with Crippen molar-refractivity contribution in [3.05, 3.63) is 59.1 Å². The summed E-state index contributed by atoms with van der Waals surface area (Å²) in [6.45, 7) is 1.55. The van der Waals surface area contributed by atoms with Crippen molar-refractivity contribution >= 4 is 33.2 Å². The van der Waals surface area contributed by atoms with Gasteiger partial charge in [0.25, 0.3) is 0 Å². The van der Waals surface area contributed by atoms with Crippen molar-refractivity contribution in [2.24, 2.45) is 0 Å². The molecular weight excluding hydrogens is 362 g/mol. The predicted molar refractivity (Wildman–Crippen MR) is 95.8 cm³/mol. The highest BCUT2D eigenvalue weighted by Gasteiger charge is 2.18. The first-order valence-corrected chi connectivity index (χ1v) is 9.24. The first-order chi connectivity index (χ1) is 11.8. The van der Waals surface area contributed by atoms with Crippen LogP contribution in [-0.4, -0.2) is 27.4 Å². The Morgan fingerprint density at radius 2 is 1.84 bits per heavy atom. The molecule has 0 aliphatic heterocycles. The molecule has 0 aromatic heterocycles. The third kappa shape index (κ3) is 4.79. The van der Waals surface area contributed by atoms with E-state index >= 15 is 0 Å². The van der Waals surface area contributed by atoms with E-state index in [9.17, 15) is 13.2 Å². The Morgan fingerprint density at radius 3 is 2.40 bits per heavy atom. The second-order valence-corrected chi connectivity index (χ2v) is 7.30. The molecule has 0 fully saturated rings. The molecule has 0 spiro atoms. The lowest BCUT2D eigenvalue weighted by molar-refractivity contribution is -0.116. The molecule has 0 atom stereocenters. The lowest BCUT2D eigenvalue weighted by atomic mass is 10.2. The fourth-order valence-electron chi connectivity index (χ4n) is 2.22. The van der Waals surface area contributed by atoms with Crippen molar-refractivity contribution < 1.29 is 13.2 Å². The molecule has 25 heavy (non-hydrogen) atoms. The molecular formula is C17H16ClN3O3S. The van der Waals surface area contributed by atoms with E-state index in [4.69, 9.17) is 16.9 Å². The Hall–Kier alpha value is -2.40. The molecule has 1 amide bonds. The van der Waals surface area contributed by atoms with Crippen LogP contribution in [-0.2, 0) is 14.8 Å². The van der Waals surface area contributed by atoms with Gasteiger partial charge in [-0.2, -0.15) is 5.26 Å². The van der Waals surface area contributed by atoms with E-state index in [0.29, 0.717) is 11.3 Å². The van der Waals surface area contributed by atoms with Gasteiger partial charge in [0.15, 0.2) is 0 Å². The number of carbonyl (C=O) groups is 1. The second-order valence-electron chi connectivity index (χ2n) is 5.16. The van der Waals surface area contributed by atoms with Crippen LogP contribution in [0.4, 0.5) is 5.69 Å². The van der Waals surface area contributed by atoms with E-state index in [-0.39, 0.29) is 28.9 Å². The third-order valence-electron chi connectivity index (χ3n) is 3.44. The highest BCUT2D eigenvalue weighted by molar-refractivity contribution is 7.89. The van der Waals surface area contributed by atoms with E-state index in [1.807, 2.05) is 6.07 Å². The van der Waals surface area contributed by atoms with Crippen LogP contribution in [0.1, 0.15) is 12.5 Å². The van der Waals surface area contributed by atoms with Crippen molar-refractivity contribution in [2.75, 3.05) is 18.0 Å². The number of halogens is 1. The number of benzene rings is 2. The molecule has 2 aromatic rings. The first kappa shape index (κ1) is 18.9. The summed E-state index contributed by atoms with van der Waals surface area (Å²) in [5.41, 5.74) is 1.06. The molecule has 0 bridgehead atoms. The number of sulfonamides is 1. The Bertz CT molecular complexity index is 905. The highest BCUT2D eigenvalue weighted by Crippen LogP contribution is 2.20. The van der Waals surface area contributed by atoms with E-state index in [0.717, 1.165) is 0 Å². The maximum absolute atomic E-state index is 12.3. The molecule has 1 N–H and O–H groups in total. The van der Waals surface area contributed by atoms with Crippen LogP contribution in [0.5, 0.6) is 0 Å². The lowest BCUT2D eigenvalue weighted by Crippen LogP contribution is -2.37. The average molecular weight is 378 g/mol. The SMILES string of the molecule is CC(=O)N(CCNS(=O)(=O)c1ccccc1Cl)c1ccc(C#N)cc1. The smallest absolute Gasteiger partial charge is 0.242 e. The summed E-state index contributed by atoms with van der Waals surface area (Å²) in [4.78, 5) is 13.3. The van der Waals surface area contributed by atoms with Crippen molar-refractivity contribution in [1.82, 2.24) is 4.72 Å². The van der Waals surface area contributed by atoms with Gasteiger partial charge in [-0.05, 0) is 36.4 Å². The first-order valence-electron chi connectivity index (χ1n) is 7.37. The van der Waals surface area contributed by atoms with Crippen LogP contribution in [0.25, 0.3) is 0 Å². The van der Waals surface area contributed by atoms with Crippen LogP contribution >= 0.6 is 11.6 Å². The fourth-order valence-corrected chi connectivity index (χ4v) is 3.75. The normalized spacial score (nSPS) is 10.9. The molecule has 2 rings (SSSR count). The number of anilines is 1. The van der Waals surface area contributed by atoms with Crippen LogP contribution in [0.3, 0.4) is 0 Å². The lowest BCUT2D eigenvalue weighted by Gasteiger charge is -2.21. The number of hydrogen-bond donors (Lipinski definition) is 1. The molecule has 0 saturated heterocycles. The Labute approximate surface area is 151 Å². The van der Waals surface area contributed by atoms with Gasteiger partial charge >= 0.3 is 0 Å². The predicted octanol–water partition coefficient (Wildman–Crippen LogP) is 2.54. The summed E-state index contributed by atoms with van der Waals surface area (Å²) in [5, 5.41) is 8.95. The number of nitrogens with one attached hydrogen (secondary N) is 1. The van der Waals surface area contributed by atoms with E-state index in [1.165, 1.54) is 24.0 Å². The molecule has 0 aliphatic carbocycles. The maximum atomic E-state index is 12.3. The molecule has 0 radical (unpaired) electrons. The molecule has 130 valence electrons. The number of hydrogen-bond acceptors (Lipinski definition) is 4. The number of nitrogens with zero attached hydrogens (tertiary/aromatic N) is 2. The van der Waals surface area contributed by atoms with Gasteiger partial charge in [-0.1, -0.05) is 23.7 Å². The highest BCUT2D eigenvalue weighted by atomic mass is 35.5. The number of nitriles is 1. The number of amides is 1. The Morgan fingerprint density at radius 1 is 1.20 bits per heavy atom. The summed E-state index contributed by atoms with van der Waals surface area (Å²) in [7, 11) is -3.77. The summed E-state index contributed by atoms with van der Waals surface area (Å²) in [5.74, 6) is -0.235. The zero-order valence-corrected chi connectivity index (χ0v) is 15.0.